The Hall–Kier alpha value is -1.76. The Labute approximate surface area is 157 Å². The van der Waals surface area contributed by atoms with E-state index in [2.05, 4.69) is 24.1 Å². The molecule has 1 aromatic rings. The second-order valence-electron chi connectivity index (χ2n) is 6.86. The number of nitrogens with one attached hydrogen (secondary N) is 1. The number of carbonyl (C=O) groups is 1. The van der Waals surface area contributed by atoms with Crippen LogP contribution in [-0.4, -0.2) is 46.3 Å². The van der Waals surface area contributed by atoms with Crippen LogP contribution in [0.25, 0.3) is 0 Å². The third-order valence-corrected chi connectivity index (χ3v) is 6.06. The maximum Gasteiger partial charge on any atom is 0.240 e. The fourth-order valence-corrected chi connectivity index (χ4v) is 4.33. The normalized spacial score (nSPS) is 15.5. The number of sulfonamides is 1. The van der Waals surface area contributed by atoms with E-state index in [4.69, 9.17) is 0 Å². The van der Waals surface area contributed by atoms with Crippen molar-refractivity contribution in [2.45, 2.75) is 52.0 Å². The lowest BCUT2D eigenvalue weighted by Gasteiger charge is -2.27. The minimum absolute atomic E-state index is 0.169. The molecule has 1 N–H and O–H groups in total. The highest BCUT2D eigenvalue weighted by molar-refractivity contribution is 7.92. The molecule has 7 heteroatoms. The van der Waals surface area contributed by atoms with E-state index in [-0.39, 0.29) is 18.5 Å². The van der Waals surface area contributed by atoms with E-state index in [1.165, 1.54) is 10.7 Å². The summed E-state index contributed by atoms with van der Waals surface area (Å²) in [6.07, 6.45) is 6.54. The van der Waals surface area contributed by atoms with Crippen LogP contribution in [0.5, 0.6) is 0 Å². The predicted octanol–water partition coefficient (Wildman–Crippen LogP) is 2.75. The maximum absolute atomic E-state index is 12.4. The summed E-state index contributed by atoms with van der Waals surface area (Å²) in [5, 5.41) is 2.99. The molecule has 26 heavy (non-hydrogen) atoms. The van der Waals surface area contributed by atoms with Crippen molar-refractivity contribution < 1.29 is 13.2 Å². The van der Waals surface area contributed by atoms with Gasteiger partial charge in [-0.25, -0.2) is 8.42 Å². The van der Waals surface area contributed by atoms with Crippen molar-refractivity contribution in [1.29, 1.82) is 0 Å². The van der Waals surface area contributed by atoms with E-state index in [0.29, 0.717) is 5.69 Å². The monoisotopic (exact) mass is 381 g/mol. The second-order valence-corrected chi connectivity index (χ2v) is 8.77. The Morgan fingerprint density at radius 1 is 1.04 bits per heavy atom. The third-order valence-electron chi connectivity index (χ3n) is 4.92. The van der Waals surface area contributed by atoms with Crippen LogP contribution in [0.1, 0.15) is 46.0 Å². The van der Waals surface area contributed by atoms with Gasteiger partial charge < -0.3 is 10.2 Å². The largest absolute Gasteiger partial charge is 0.372 e. The van der Waals surface area contributed by atoms with Crippen molar-refractivity contribution in [2.24, 2.45) is 0 Å². The van der Waals surface area contributed by atoms with Gasteiger partial charge in [-0.15, -0.1) is 0 Å². The Kier molecular flexibility index (Phi) is 7.32. The fourth-order valence-electron chi connectivity index (χ4n) is 3.47. The SMILES string of the molecule is CCN(CC)c1ccc(N(CC(=O)NC2CCCCC2)S(C)(=O)=O)cc1. The van der Waals surface area contributed by atoms with E-state index < -0.39 is 10.0 Å². The van der Waals surface area contributed by atoms with Crippen molar-refractivity contribution in [2.75, 3.05) is 35.1 Å². The predicted molar refractivity (Wildman–Crippen MR) is 107 cm³/mol. The van der Waals surface area contributed by atoms with Gasteiger partial charge in [0, 0.05) is 24.8 Å². The highest BCUT2D eigenvalue weighted by Crippen LogP contribution is 2.23. The molecule has 0 bridgehead atoms. The van der Waals surface area contributed by atoms with E-state index in [1.54, 1.807) is 12.1 Å². The molecule has 0 spiro atoms. The molecule has 1 aliphatic rings. The Balaban J connectivity index is 2.10. The molecule has 1 saturated carbocycles. The van der Waals surface area contributed by atoms with Crippen molar-refractivity contribution in [3.63, 3.8) is 0 Å². The van der Waals surface area contributed by atoms with Gasteiger partial charge in [0.1, 0.15) is 6.54 Å². The van der Waals surface area contributed by atoms with Crippen molar-refractivity contribution in [3.05, 3.63) is 24.3 Å². The van der Waals surface area contributed by atoms with Gasteiger partial charge in [-0.2, -0.15) is 0 Å². The van der Waals surface area contributed by atoms with Gasteiger partial charge in [0.25, 0.3) is 0 Å². The first-order valence-corrected chi connectivity index (χ1v) is 11.3. The van der Waals surface area contributed by atoms with Gasteiger partial charge in [-0.1, -0.05) is 19.3 Å². The number of rotatable bonds is 8. The van der Waals surface area contributed by atoms with E-state index in [9.17, 15) is 13.2 Å². The lowest BCUT2D eigenvalue weighted by molar-refractivity contribution is -0.120. The van der Waals surface area contributed by atoms with Gasteiger partial charge in [0.2, 0.25) is 15.9 Å². The zero-order valence-corrected chi connectivity index (χ0v) is 16.9. The van der Waals surface area contributed by atoms with E-state index >= 15 is 0 Å². The molecule has 1 fully saturated rings. The standard InChI is InChI=1S/C19H31N3O3S/c1-4-21(5-2)17-11-13-18(14-12-17)22(26(3,24)25)15-19(23)20-16-9-7-6-8-10-16/h11-14,16H,4-10,15H2,1-3H3,(H,20,23). The zero-order chi connectivity index (χ0) is 19.2. The number of nitrogens with zero attached hydrogens (tertiary/aromatic N) is 2. The van der Waals surface area contributed by atoms with Gasteiger partial charge in [0.15, 0.2) is 0 Å². The lowest BCUT2D eigenvalue weighted by atomic mass is 9.95. The summed E-state index contributed by atoms with van der Waals surface area (Å²) < 4.78 is 25.6. The molecule has 1 aromatic carbocycles. The van der Waals surface area contributed by atoms with Crippen molar-refractivity contribution in [1.82, 2.24) is 5.32 Å². The molecule has 146 valence electrons. The van der Waals surface area contributed by atoms with Gasteiger partial charge in [-0.05, 0) is 51.0 Å². The summed E-state index contributed by atoms with van der Waals surface area (Å²) in [7, 11) is -3.54. The average Bonchev–Trinajstić information content (AvgIpc) is 2.61. The Morgan fingerprint density at radius 2 is 1.58 bits per heavy atom. The molecule has 2 rings (SSSR count). The molecular formula is C19H31N3O3S. The van der Waals surface area contributed by atoms with Gasteiger partial charge >= 0.3 is 0 Å². The van der Waals surface area contributed by atoms with Gasteiger partial charge in [-0.3, -0.25) is 9.10 Å². The molecule has 0 saturated heterocycles. The molecule has 1 amide bonds. The summed E-state index contributed by atoms with van der Waals surface area (Å²) in [5.74, 6) is -0.241. The number of anilines is 2. The summed E-state index contributed by atoms with van der Waals surface area (Å²) in [6, 6.07) is 7.51. The average molecular weight is 382 g/mol. The van der Waals surface area contributed by atoms with Gasteiger partial charge in [0.05, 0.1) is 11.9 Å². The highest BCUT2D eigenvalue weighted by atomic mass is 32.2. The molecule has 0 heterocycles. The zero-order valence-electron chi connectivity index (χ0n) is 16.1. The van der Waals surface area contributed by atoms with Crippen LogP contribution in [0.2, 0.25) is 0 Å². The summed E-state index contributed by atoms with van der Waals surface area (Å²) in [4.78, 5) is 14.6. The lowest BCUT2D eigenvalue weighted by Crippen LogP contribution is -2.44. The summed E-state index contributed by atoms with van der Waals surface area (Å²) >= 11 is 0. The fraction of sp³-hybridized carbons (Fsp3) is 0.632. The number of hydrogen-bond acceptors (Lipinski definition) is 4. The summed E-state index contributed by atoms with van der Waals surface area (Å²) in [6.45, 7) is 5.75. The molecule has 0 radical (unpaired) electrons. The van der Waals surface area contributed by atoms with Crippen molar-refractivity contribution in [3.8, 4) is 0 Å². The van der Waals surface area contributed by atoms with Crippen LogP contribution in [0.4, 0.5) is 11.4 Å². The highest BCUT2D eigenvalue weighted by Gasteiger charge is 2.23. The molecular weight excluding hydrogens is 350 g/mol. The second kappa shape index (κ2) is 9.26. The molecule has 0 unspecified atom stereocenters. The van der Waals surface area contributed by atoms with E-state index in [1.807, 2.05) is 12.1 Å². The number of amides is 1. The van der Waals surface area contributed by atoms with Crippen LogP contribution in [-0.2, 0) is 14.8 Å². The molecule has 6 nitrogen and oxygen atoms in total. The smallest absolute Gasteiger partial charge is 0.240 e. The molecule has 0 aliphatic heterocycles. The van der Waals surface area contributed by atoms with Crippen LogP contribution >= 0.6 is 0 Å². The van der Waals surface area contributed by atoms with Crippen LogP contribution in [0.3, 0.4) is 0 Å². The topological polar surface area (TPSA) is 69.7 Å². The first kappa shape index (κ1) is 20.6. The van der Waals surface area contributed by atoms with Crippen LogP contribution < -0.4 is 14.5 Å². The first-order chi connectivity index (χ1) is 12.3. The van der Waals surface area contributed by atoms with E-state index in [0.717, 1.165) is 50.7 Å². The number of benzene rings is 1. The molecule has 1 aliphatic carbocycles. The summed E-state index contributed by atoms with van der Waals surface area (Å²) in [5.41, 5.74) is 1.56. The third kappa shape index (κ3) is 5.62. The van der Waals surface area contributed by atoms with Crippen LogP contribution in [0.15, 0.2) is 24.3 Å². The molecule has 0 aromatic heterocycles. The number of carbonyl (C=O) groups excluding carboxylic acids is 1. The first-order valence-electron chi connectivity index (χ1n) is 9.47. The molecule has 0 atom stereocenters. The van der Waals surface area contributed by atoms with Crippen LogP contribution in [0, 0.1) is 0 Å². The Morgan fingerprint density at radius 3 is 2.08 bits per heavy atom. The quantitative estimate of drug-likeness (QED) is 0.752. The Bertz CT molecular complexity index is 678. The minimum Gasteiger partial charge on any atom is -0.372 e. The minimum atomic E-state index is -3.54. The number of hydrogen-bond donors (Lipinski definition) is 1. The maximum atomic E-state index is 12.4. The van der Waals surface area contributed by atoms with Crippen molar-refractivity contribution >= 4 is 27.3 Å².